The highest BCUT2D eigenvalue weighted by Crippen LogP contribution is 2.58. The fourth-order valence-electron chi connectivity index (χ4n) is 4.14. The molecule has 158 valence electrons. The van der Waals surface area contributed by atoms with Gasteiger partial charge in [-0.15, -0.1) is 11.8 Å². The molecule has 0 aromatic heterocycles. The van der Waals surface area contributed by atoms with Gasteiger partial charge in [-0.1, -0.05) is 29.8 Å². The number of hydrogen-bond donors (Lipinski definition) is 1. The molecule has 2 unspecified atom stereocenters. The molecule has 6 nitrogen and oxygen atoms in total. The van der Waals surface area contributed by atoms with Crippen molar-refractivity contribution in [1.29, 1.82) is 0 Å². The average Bonchev–Trinajstić information content (AvgIpc) is 3.15. The minimum Gasteiger partial charge on any atom is -0.493 e. The first-order valence-electron chi connectivity index (χ1n) is 9.56. The van der Waals surface area contributed by atoms with Crippen LogP contribution in [0.4, 0.5) is 0 Å². The van der Waals surface area contributed by atoms with E-state index < -0.39 is 10.8 Å². The van der Waals surface area contributed by atoms with Gasteiger partial charge in [-0.3, -0.25) is 9.59 Å². The number of thioether (sulfide) groups is 1. The molecule has 0 saturated carbocycles. The molecule has 2 aliphatic rings. The zero-order chi connectivity index (χ0) is 21.6. The van der Waals surface area contributed by atoms with Crippen LogP contribution in [0.5, 0.6) is 11.5 Å². The third kappa shape index (κ3) is 3.30. The van der Waals surface area contributed by atoms with Gasteiger partial charge in [0.2, 0.25) is 5.91 Å². The normalized spacial score (nSPS) is 21.2. The van der Waals surface area contributed by atoms with Crippen LogP contribution in [-0.4, -0.2) is 41.7 Å². The first-order chi connectivity index (χ1) is 14.3. The zero-order valence-corrected chi connectivity index (χ0v) is 18.8. The number of carbonyl (C=O) groups excluding carboxylic acids is 2. The summed E-state index contributed by atoms with van der Waals surface area (Å²) >= 11 is 7.54. The molecule has 2 atom stereocenters. The van der Waals surface area contributed by atoms with Gasteiger partial charge < -0.3 is 19.7 Å². The van der Waals surface area contributed by atoms with E-state index in [0.29, 0.717) is 28.6 Å². The minimum absolute atomic E-state index is 0.183. The fraction of sp³-hybridized carbons (Fsp3) is 0.364. The van der Waals surface area contributed by atoms with Gasteiger partial charge in [-0.05, 0) is 37.6 Å². The van der Waals surface area contributed by atoms with Crippen molar-refractivity contribution in [3.05, 3.63) is 58.1 Å². The Hall–Kier alpha value is -2.38. The molecule has 2 aromatic rings. The first-order valence-corrected chi connectivity index (χ1v) is 10.8. The van der Waals surface area contributed by atoms with Gasteiger partial charge in [0.15, 0.2) is 11.5 Å². The van der Waals surface area contributed by atoms with Gasteiger partial charge in [0, 0.05) is 21.9 Å². The Labute approximate surface area is 184 Å². The molecule has 2 aromatic carbocycles. The number of nitrogens with zero attached hydrogens (tertiary/aromatic N) is 1. The topological polar surface area (TPSA) is 67.9 Å². The van der Waals surface area contributed by atoms with Gasteiger partial charge in [0.05, 0.1) is 19.8 Å². The minimum atomic E-state index is -0.615. The van der Waals surface area contributed by atoms with E-state index in [-0.39, 0.29) is 17.2 Å². The Morgan fingerprint density at radius 1 is 1.17 bits per heavy atom. The quantitative estimate of drug-likeness (QED) is 0.751. The maximum Gasteiger partial charge on any atom is 0.260 e. The van der Waals surface area contributed by atoms with E-state index in [9.17, 15) is 9.59 Å². The Morgan fingerprint density at radius 2 is 1.87 bits per heavy atom. The fourth-order valence-corrected chi connectivity index (χ4v) is 5.85. The van der Waals surface area contributed by atoms with Crippen molar-refractivity contribution in [2.45, 2.75) is 36.6 Å². The molecule has 8 heteroatoms. The second kappa shape index (κ2) is 7.71. The Kier molecular flexibility index (Phi) is 5.36. The summed E-state index contributed by atoms with van der Waals surface area (Å²) in [4.78, 5) is 28.3. The van der Waals surface area contributed by atoms with Crippen molar-refractivity contribution in [2.24, 2.45) is 0 Å². The van der Waals surface area contributed by atoms with Crippen molar-refractivity contribution < 1.29 is 19.1 Å². The summed E-state index contributed by atoms with van der Waals surface area (Å²) in [6, 6.07) is 10.4. The van der Waals surface area contributed by atoms with Gasteiger partial charge in [0.1, 0.15) is 11.4 Å². The highest BCUT2D eigenvalue weighted by molar-refractivity contribution is 8.01. The van der Waals surface area contributed by atoms with E-state index >= 15 is 0 Å². The number of hydrogen-bond acceptors (Lipinski definition) is 5. The summed E-state index contributed by atoms with van der Waals surface area (Å²) in [6.07, 6.45) is 0. The number of amides is 2. The SMILES string of the molecule is COc1ccc2c(c1OC)C(=O)N1C2SC(C)(C)C1C(=O)NCc1ccc(Cl)cc1. The summed E-state index contributed by atoms with van der Waals surface area (Å²) in [6.45, 7) is 4.36. The maximum absolute atomic E-state index is 13.4. The van der Waals surface area contributed by atoms with Gasteiger partial charge in [-0.2, -0.15) is 0 Å². The van der Waals surface area contributed by atoms with E-state index in [1.807, 2.05) is 32.0 Å². The molecule has 2 amide bonds. The molecular formula is C22H23ClN2O4S. The first kappa shape index (κ1) is 20.9. The van der Waals surface area contributed by atoms with Crippen molar-refractivity contribution >= 4 is 35.2 Å². The lowest BCUT2D eigenvalue weighted by Gasteiger charge is -2.29. The number of ether oxygens (including phenoxy) is 2. The van der Waals surface area contributed by atoms with Crippen LogP contribution in [0.25, 0.3) is 0 Å². The highest BCUT2D eigenvalue weighted by Gasteiger charge is 2.58. The molecule has 4 rings (SSSR count). The van der Waals surface area contributed by atoms with Crippen LogP contribution in [0.1, 0.15) is 40.7 Å². The highest BCUT2D eigenvalue weighted by atomic mass is 35.5. The standard InChI is InChI=1S/C22H23ClN2O4S/c1-22(2)18(19(26)24-11-12-5-7-13(23)8-6-12)25-20(27)16-14(21(25)30-22)9-10-15(28-3)17(16)29-4/h5-10,18,21H,11H2,1-4H3,(H,24,26). The Balaban J connectivity index is 1.63. The molecule has 0 aliphatic carbocycles. The van der Waals surface area contributed by atoms with Crippen LogP contribution < -0.4 is 14.8 Å². The summed E-state index contributed by atoms with van der Waals surface area (Å²) in [5.74, 6) is 0.513. The molecule has 2 aliphatic heterocycles. The van der Waals surface area contributed by atoms with Gasteiger partial charge >= 0.3 is 0 Å². The number of rotatable bonds is 5. The van der Waals surface area contributed by atoms with E-state index in [0.717, 1.165) is 11.1 Å². The lowest BCUT2D eigenvalue weighted by molar-refractivity contribution is -0.126. The van der Waals surface area contributed by atoms with Crippen LogP contribution in [0.15, 0.2) is 36.4 Å². The largest absolute Gasteiger partial charge is 0.493 e. The lowest BCUT2D eigenvalue weighted by atomic mass is 10.0. The number of benzene rings is 2. The Bertz CT molecular complexity index is 1010. The van der Waals surface area contributed by atoms with Crippen LogP contribution >= 0.6 is 23.4 Å². The van der Waals surface area contributed by atoms with Crippen LogP contribution in [0.2, 0.25) is 5.02 Å². The molecule has 1 fully saturated rings. The summed E-state index contributed by atoms with van der Waals surface area (Å²) in [5.41, 5.74) is 2.26. The van der Waals surface area contributed by atoms with Crippen LogP contribution in [-0.2, 0) is 11.3 Å². The molecule has 0 spiro atoms. The van der Waals surface area contributed by atoms with E-state index in [4.69, 9.17) is 21.1 Å². The van der Waals surface area contributed by atoms with Crippen molar-refractivity contribution in [3.8, 4) is 11.5 Å². The smallest absolute Gasteiger partial charge is 0.260 e. The summed E-state index contributed by atoms with van der Waals surface area (Å²) < 4.78 is 10.4. The van der Waals surface area contributed by atoms with Gasteiger partial charge in [-0.25, -0.2) is 0 Å². The summed E-state index contributed by atoms with van der Waals surface area (Å²) in [5, 5.41) is 3.38. The monoisotopic (exact) mass is 446 g/mol. The molecule has 30 heavy (non-hydrogen) atoms. The van der Waals surface area contributed by atoms with Crippen LogP contribution in [0, 0.1) is 0 Å². The number of nitrogens with one attached hydrogen (secondary N) is 1. The molecule has 0 radical (unpaired) electrons. The van der Waals surface area contributed by atoms with Gasteiger partial charge in [0.25, 0.3) is 5.91 Å². The molecule has 1 saturated heterocycles. The number of carbonyl (C=O) groups is 2. The molecule has 0 bridgehead atoms. The summed E-state index contributed by atoms with van der Waals surface area (Å²) in [7, 11) is 3.05. The molecular weight excluding hydrogens is 424 g/mol. The maximum atomic E-state index is 13.4. The van der Waals surface area contributed by atoms with Crippen molar-refractivity contribution in [2.75, 3.05) is 14.2 Å². The third-order valence-corrected chi connectivity index (χ3v) is 7.31. The predicted molar refractivity (Wildman–Crippen MR) is 117 cm³/mol. The van der Waals surface area contributed by atoms with E-state index in [2.05, 4.69) is 5.32 Å². The second-order valence-corrected chi connectivity index (χ2v) is 9.97. The van der Waals surface area contributed by atoms with Crippen molar-refractivity contribution in [3.63, 3.8) is 0 Å². The molecule has 1 N–H and O–H groups in total. The van der Waals surface area contributed by atoms with E-state index in [1.54, 1.807) is 34.9 Å². The number of halogens is 1. The lowest BCUT2D eigenvalue weighted by Crippen LogP contribution is -2.52. The number of fused-ring (bicyclic) bond motifs is 3. The number of methoxy groups -OCH3 is 2. The average molecular weight is 447 g/mol. The Morgan fingerprint density at radius 3 is 2.50 bits per heavy atom. The van der Waals surface area contributed by atoms with E-state index in [1.165, 1.54) is 14.2 Å². The molecule has 2 heterocycles. The third-order valence-electron chi connectivity index (χ3n) is 5.53. The van der Waals surface area contributed by atoms with Crippen LogP contribution in [0.3, 0.4) is 0 Å². The second-order valence-electron chi connectivity index (χ2n) is 7.80. The van der Waals surface area contributed by atoms with Crippen molar-refractivity contribution in [1.82, 2.24) is 10.2 Å². The predicted octanol–water partition coefficient (Wildman–Crippen LogP) is 4.02. The zero-order valence-electron chi connectivity index (χ0n) is 17.2.